The minimum atomic E-state index is -4.58. The summed E-state index contributed by atoms with van der Waals surface area (Å²) in [7, 11) is 1.71. The highest BCUT2D eigenvalue weighted by molar-refractivity contribution is 6.21. The van der Waals surface area contributed by atoms with Crippen molar-refractivity contribution in [3.8, 4) is 0 Å². The second-order valence-electron chi connectivity index (χ2n) is 12.8. The summed E-state index contributed by atoms with van der Waals surface area (Å²) in [5.41, 5.74) is 5.85. The van der Waals surface area contributed by atoms with E-state index in [1.54, 1.807) is 23.8 Å². The van der Waals surface area contributed by atoms with Gasteiger partial charge in [-0.05, 0) is 62.4 Å². The van der Waals surface area contributed by atoms with Gasteiger partial charge in [-0.25, -0.2) is 0 Å². The third-order valence-electron chi connectivity index (χ3n) is 8.90. The van der Waals surface area contributed by atoms with E-state index in [2.05, 4.69) is 5.32 Å². The summed E-state index contributed by atoms with van der Waals surface area (Å²) in [6.07, 6.45) is -0.251. The van der Waals surface area contributed by atoms with E-state index in [1.807, 2.05) is 30.3 Å². The molecule has 0 bridgehead atoms. The number of rotatable bonds is 11. The van der Waals surface area contributed by atoms with Gasteiger partial charge in [0, 0.05) is 37.7 Å². The van der Waals surface area contributed by atoms with Crippen molar-refractivity contribution >= 4 is 23.3 Å². The van der Waals surface area contributed by atoms with Crippen molar-refractivity contribution in [1.82, 2.24) is 15.1 Å². The lowest BCUT2D eigenvalue weighted by Gasteiger charge is -2.43. The third-order valence-corrected chi connectivity index (χ3v) is 8.90. The van der Waals surface area contributed by atoms with Crippen LogP contribution in [0.25, 0.3) is 5.57 Å². The molecular formula is C35H45F3N4O4. The van der Waals surface area contributed by atoms with Crippen molar-refractivity contribution in [3.63, 3.8) is 0 Å². The molecule has 2 aliphatic rings. The maximum Gasteiger partial charge on any atom is 0.416 e. The lowest BCUT2D eigenvalue weighted by atomic mass is 9.78. The molecule has 4 rings (SSSR count). The van der Waals surface area contributed by atoms with Crippen molar-refractivity contribution < 1.29 is 32.3 Å². The quantitative estimate of drug-likeness (QED) is 0.352. The molecule has 2 unspecified atom stereocenters. The lowest BCUT2D eigenvalue weighted by molar-refractivity contribution is -0.139. The molecule has 1 fully saturated rings. The molecule has 8 nitrogen and oxygen atoms in total. The molecule has 3 N–H and O–H groups in total. The Labute approximate surface area is 269 Å². The van der Waals surface area contributed by atoms with Crippen LogP contribution in [0, 0.1) is 5.92 Å². The van der Waals surface area contributed by atoms with E-state index in [-0.39, 0.29) is 55.3 Å². The summed E-state index contributed by atoms with van der Waals surface area (Å²) in [6, 6.07) is 13.0. The number of halogens is 3. The fourth-order valence-corrected chi connectivity index (χ4v) is 6.32. The van der Waals surface area contributed by atoms with Crippen molar-refractivity contribution in [1.29, 1.82) is 0 Å². The minimum absolute atomic E-state index is 0.0265. The predicted molar refractivity (Wildman–Crippen MR) is 170 cm³/mol. The molecule has 3 amide bonds. The van der Waals surface area contributed by atoms with Crippen LogP contribution < -0.4 is 11.1 Å². The van der Waals surface area contributed by atoms with Crippen LogP contribution >= 0.6 is 0 Å². The number of hydrogen-bond acceptors (Lipinski definition) is 5. The van der Waals surface area contributed by atoms with E-state index in [0.717, 1.165) is 49.8 Å². The summed E-state index contributed by atoms with van der Waals surface area (Å²) in [5, 5.41) is 2.75. The number of likely N-dealkylation sites (N-methyl/N-ethyl adjacent to an activating group) is 2. The number of fused-ring (bicyclic) bond motifs is 1. The number of nitrogens with two attached hydrogens (primary N) is 1. The van der Waals surface area contributed by atoms with E-state index in [4.69, 9.17) is 10.5 Å². The molecule has 2 aromatic carbocycles. The number of hydrogen-bond donors (Lipinski definition) is 2. The van der Waals surface area contributed by atoms with Gasteiger partial charge in [0.15, 0.2) is 0 Å². The van der Waals surface area contributed by atoms with Crippen LogP contribution in [0.4, 0.5) is 13.2 Å². The van der Waals surface area contributed by atoms with Crippen molar-refractivity contribution in [3.05, 3.63) is 76.9 Å². The molecular weight excluding hydrogens is 597 g/mol. The normalized spacial score (nSPS) is 19.7. The molecule has 0 saturated heterocycles. The highest BCUT2D eigenvalue weighted by Crippen LogP contribution is 2.42. The van der Waals surface area contributed by atoms with Gasteiger partial charge in [-0.15, -0.1) is 0 Å². The molecule has 3 atom stereocenters. The topological polar surface area (TPSA) is 105 Å². The fraction of sp³-hybridized carbons (Fsp3) is 0.514. The number of alkyl halides is 3. The molecule has 2 aromatic rings. The first kappa shape index (κ1) is 35.2. The van der Waals surface area contributed by atoms with Crippen LogP contribution in [-0.2, 0) is 31.9 Å². The second kappa shape index (κ2) is 14.8. The molecule has 11 heteroatoms. The van der Waals surface area contributed by atoms with Crippen LogP contribution in [0.15, 0.2) is 60.2 Å². The molecule has 0 spiro atoms. The Bertz CT molecular complexity index is 1420. The zero-order valence-electron chi connectivity index (χ0n) is 27.0. The van der Waals surface area contributed by atoms with Crippen LogP contribution in [0.1, 0.15) is 69.6 Å². The van der Waals surface area contributed by atoms with Gasteiger partial charge in [0.2, 0.25) is 11.8 Å². The van der Waals surface area contributed by atoms with E-state index in [1.165, 1.54) is 26.0 Å². The first-order valence-corrected chi connectivity index (χ1v) is 15.9. The Morgan fingerprint density at radius 2 is 1.76 bits per heavy atom. The summed E-state index contributed by atoms with van der Waals surface area (Å²) < 4.78 is 47.2. The summed E-state index contributed by atoms with van der Waals surface area (Å²) in [6.45, 7) is 5.21. The molecule has 0 aromatic heterocycles. The first-order chi connectivity index (χ1) is 21.7. The number of ether oxygens (including phenoxy) is 1. The van der Waals surface area contributed by atoms with E-state index in [0.29, 0.717) is 5.57 Å². The summed E-state index contributed by atoms with van der Waals surface area (Å²) in [5.74, 6) is -1.46. The van der Waals surface area contributed by atoms with E-state index in [9.17, 15) is 27.6 Å². The number of carbonyl (C=O) groups is 3. The van der Waals surface area contributed by atoms with Crippen LogP contribution in [0.3, 0.4) is 0 Å². The molecule has 0 radical (unpaired) electrons. The largest absolute Gasteiger partial charge is 0.416 e. The summed E-state index contributed by atoms with van der Waals surface area (Å²) >= 11 is 0. The number of amides is 3. The number of nitrogens with zero attached hydrogens (tertiary/aromatic N) is 2. The number of benzene rings is 2. The van der Waals surface area contributed by atoms with Crippen molar-refractivity contribution in [2.45, 2.75) is 83.3 Å². The molecule has 250 valence electrons. The number of nitrogens with one attached hydrogen (secondary N) is 1. The first-order valence-electron chi connectivity index (χ1n) is 15.9. The zero-order chi connectivity index (χ0) is 33.6. The molecule has 46 heavy (non-hydrogen) atoms. The third kappa shape index (κ3) is 8.36. The smallest absolute Gasteiger partial charge is 0.374 e. The fourth-order valence-electron chi connectivity index (χ4n) is 6.32. The maximum atomic E-state index is 14.2. The maximum absolute atomic E-state index is 14.2. The average Bonchev–Trinajstić information content (AvgIpc) is 3.27. The van der Waals surface area contributed by atoms with Crippen molar-refractivity contribution in [2.24, 2.45) is 11.7 Å². The highest BCUT2D eigenvalue weighted by atomic mass is 19.4. The predicted octanol–water partition coefficient (Wildman–Crippen LogP) is 5.17. The van der Waals surface area contributed by atoms with Gasteiger partial charge < -0.3 is 25.6 Å². The van der Waals surface area contributed by atoms with Gasteiger partial charge in [0.05, 0.1) is 24.3 Å². The van der Waals surface area contributed by atoms with Gasteiger partial charge in [0.25, 0.3) is 5.91 Å². The van der Waals surface area contributed by atoms with Gasteiger partial charge in [0.1, 0.15) is 6.04 Å². The second-order valence-corrected chi connectivity index (χ2v) is 12.8. The van der Waals surface area contributed by atoms with E-state index < -0.39 is 35.1 Å². The Balaban J connectivity index is 1.73. The average molecular weight is 643 g/mol. The molecule has 1 aliphatic heterocycles. The van der Waals surface area contributed by atoms with Crippen molar-refractivity contribution in [2.75, 3.05) is 26.7 Å². The minimum Gasteiger partial charge on any atom is -0.374 e. The van der Waals surface area contributed by atoms with Gasteiger partial charge >= 0.3 is 6.18 Å². The Hall–Kier alpha value is -3.70. The van der Waals surface area contributed by atoms with Gasteiger partial charge in [-0.2, -0.15) is 13.2 Å². The van der Waals surface area contributed by atoms with Crippen LogP contribution in [-0.4, -0.2) is 71.9 Å². The zero-order valence-corrected chi connectivity index (χ0v) is 27.0. The molecule has 1 heterocycles. The SMILES string of the molecule is CCN(CC1=C(c2cccc(C(F)(F)F)c2)C(=O)N(C)C2CCCCCC12)C(=O)[C@@H](COCc1ccccc1)NC(=O)C(C)(C)N. The lowest BCUT2D eigenvalue weighted by Crippen LogP contribution is -2.58. The van der Waals surface area contributed by atoms with E-state index >= 15 is 0 Å². The highest BCUT2D eigenvalue weighted by Gasteiger charge is 2.42. The van der Waals surface area contributed by atoms with Gasteiger partial charge in [-0.3, -0.25) is 14.4 Å². The monoisotopic (exact) mass is 642 g/mol. The summed E-state index contributed by atoms with van der Waals surface area (Å²) in [4.78, 5) is 44.3. The van der Waals surface area contributed by atoms with Crippen LogP contribution in [0.5, 0.6) is 0 Å². The Kier molecular flexibility index (Phi) is 11.3. The molecule has 1 saturated carbocycles. The standard InChI is InChI=1S/C35H45F3N4O4/c1-5-42(31(43)28(40-33(45)34(2,3)39)22-46-21-23-13-8-6-9-14-23)20-27-26-17-10-7-11-18-29(26)41(4)32(44)30(27)24-15-12-16-25(19-24)35(36,37)38/h6,8-9,12-16,19,26,28-29H,5,7,10-11,17-18,20-22,39H2,1-4H3,(H,40,45)/t26?,28-,29?/m1/s1. The van der Waals surface area contributed by atoms with Gasteiger partial charge in [-0.1, -0.05) is 61.7 Å². The Morgan fingerprint density at radius 1 is 1.07 bits per heavy atom. The molecule has 1 aliphatic carbocycles. The number of carbonyl (C=O) groups excluding carboxylic acids is 3. The van der Waals surface area contributed by atoms with Crippen LogP contribution in [0.2, 0.25) is 0 Å². The Morgan fingerprint density at radius 3 is 2.41 bits per heavy atom.